The van der Waals surface area contributed by atoms with Gasteiger partial charge in [0.05, 0.1) is 6.61 Å². The quantitative estimate of drug-likeness (QED) is 0.429. The third-order valence-electron chi connectivity index (χ3n) is 5.89. The Morgan fingerprint density at radius 2 is 1.97 bits per heavy atom. The fourth-order valence-corrected chi connectivity index (χ4v) is 4.91. The molecule has 0 saturated carbocycles. The summed E-state index contributed by atoms with van der Waals surface area (Å²) in [7, 11) is 1.50. The number of aromatic nitrogens is 2. The number of pyridine rings is 2. The highest BCUT2D eigenvalue weighted by Gasteiger charge is 2.33. The lowest BCUT2D eigenvalue weighted by Crippen LogP contribution is -2.25. The molecule has 1 aliphatic heterocycles. The van der Waals surface area contributed by atoms with Crippen LogP contribution in [0.3, 0.4) is 0 Å². The molecule has 0 unspecified atom stereocenters. The van der Waals surface area contributed by atoms with Gasteiger partial charge in [0.2, 0.25) is 0 Å². The number of anilines is 1. The number of nitrogens with one attached hydrogen (secondary N) is 1. The summed E-state index contributed by atoms with van der Waals surface area (Å²) >= 11 is 1.01. The van der Waals surface area contributed by atoms with Crippen LogP contribution in [0.2, 0.25) is 0 Å². The van der Waals surface area contributed by atoms with E-state index in [0.717, 1.165) is 15.9 Å². The number of carbonyl (C=O) groups excluding carboxylic acids is 1. The first kappa shape index (κ1) is 27.7. The van der Waals surface area contributed by atoms with Crippen LogP contribution >= 0.6 is 11.9 Å². The summed E-state index contributed by atoms with van der Waals surface area (Å²) in [5.74, 6) is -0.282. The van der Waals surface area contributed by atoms with E-state index >= 15 is 0 Å². The van der Waals surface area contributed by atoms with Crippen molar-refractivity contribution in [2.45, 2.75) is 31.5 Å². The first-order chi connectivity index (χ1) is 18.7. The lowest BCUT2D eigenvalue weighted by molar-refractivity contribution is -0.141. The van der Waals surface area contributed by atoms with Crippen molar-refractivity contribution in [3.63, 3.8) is 0 Å². The van der Waals surface area contributed by atoms with Gasteiger partial charge in [-0.05, 0) is 61.2 Å². The molecule has 2 aromatic heterocycles. The number of amides is 1. The van der Waals surface area contributed by atoms with E-state index < -0.39 is 11.3 Å². The monoisotopic (exact) mass is 546 g/mol. The largest absolute Gasteiger partial charge is 0.491 e. The highest BCUT2D eigenvalue weighted by atomic mass is 32.2. The minimum absolute atomic E-state index is 0.00633. The van der Waals surface area contributed by atoms with Crippen molar-refractivity contribution in [2.75, 3.05) is 26.0 Å². The SMILES string of the molecule is CNC(=O)c1cc(CSn2c(N)c(C#N)c(-c3ccc(OC[C@H]4COC(C)(C)O4)cc3)c(C#N)c2=O)ccn1. The number of nitriles is 2. The molecule has 1 amide bonds. The maximum absolute atomic E-state index is 13.3. The number of hydrogen-bond donors (Lipinski definition) is 2. The summed E-state index contributed by atoms with van der Waals surface area (Å²) in [6, 6.07) is 14.0. The van der Waals surface area contributed by atoms with Gasteiger partial charge in [-0.25, -0.2) is 3.97 Å². The number of nitrogens with two attached hydrogens (primary N) is 1. The van der Waals surface area contributed by atoms with Crippen molar-refractivity contribution in [1.82, 2.24) is 14.3 Å². The van der Waals surface area contributed by atoms with Crippen molar-refractivity contribution in [2.24, 2.45) is 0 Å². The van der Waals surface area contributed by atoms with E-state index in [1.165, 1.54) is 13.2 Å². The fraction of sp³-hybridized carbons (Fsp3) is 0.296. The van der Waals surface area contributed by atoms with E-state index in [0.29, 0.717) is 23.5 Å². The Morgan fingerprint density at radius 3 is 2.59 bits per heavy atom. The van der Waals surface area contributed by atoms with Gasteiger partial charge in [0, 0.05) is 24.6 Å². The summed E-state index contributed by atoms with van der Waals surface area (Å²) in [6.45, 7) is 4.38. The fourth-order valence-electron chi connectivity index (χ4n) is 4.01. The van der Waals surface area contributed by atoms with Gasteiger partial charge in [-0.3, -0.25) is 14.6 Å². The number of nitrogen functional groups attached to an aromatic ring is 1. The lowest BCUT2D eigenvalue weighted by atomic mass is 9.96. The van der Waals surface area contributed by atoms with Gasteiger partial charge in [0.15, 0.2) is 5.79 Å². The zero-order chi connectivity index (χ0) is 28.2. The Hall–Kier alpha value is -4.36. The van der Waals surface area contributed by atoms with Gasteiger partial charge in [-0.2, -0.15) is 10.5 Å². The number of carbonyl (C=O) groups is 1. The second-order valence-corrected chi connectivity index (χ2v) is 9.93. The third kappa shape index (κ3) is 6.04. The van der Waals surface area contributed by atoms with Crippen molar-refractivity contribution < 1.29 is 19.0 Å². The summed E-state index contributed by atoms with van der Waals surface area (Å²) < 4.78 is 18.2. The lowest BCUT2D eigenvalue weighted by Gasteiger charge is -2.17. The van der Waals surface area contributed by atoms with Crippen molar-refractivity contribution >= 4 is 23.7 Å². The van der Waals surface area contributed by atoms with Crippen LogP contribution in [-0.2, 0) is 15.2 Å². The first-order valence-electron chi connectivity index (χ1n) is 11.9. The van der Waals surface area contributed by atoms with Crippen LogP contribution in [0.4, 0.5) is 5.82 Å². The van der Waals surface area contributed by atoms with Crippen molar-refractivity contribution in [3.05, 3.63) is 75.3 Å². The Bertz CT molecular complexity index is 1540. The molecule has 11 nitrogen and oxygen atoms in total. The molecule has 1 aliphatic rings. The average molecular weight is 547 g/mol. The molecule has 0 aliphatic carbocycles. The van der Waals surface area contributed by atoms with Gasteiger partial charge in [0.25, 0.3) is 11.5 Å². The Kier molecular flexibility index (Phi) is 8.21. The molecule has 1 aromatic carbocycles. The molecule has 200 valence electrons. The molecule has 1 saturated heterocycles. The van der Waals surface area contributed by atoms with E-state index in [-0.39, 0.29) is 52.6 Å². The van der Waals surface area contributed by atoms with Crippen LogP contribution in [0.1, 0.15) is 41.0 Å². The number of rotatable bonds is 8. The molecule has 3 N–H and O–H groups in total. The van der Waals surface area contributed by atoms with Crippen LogP contribution in [0.15, 0.2) is 47.4 Å². The Balaban J connectivity index is 1.59. The molecular weight excluding hydrogens is 520 g/mol. The molecule has 0 bridgehead atoms. The molecule has 4 rings (SSSR count). The van der Waals surface area contributed by atoms with Crippen molar-refractivity contribution in [3.8, 4) is 29.0 Å². The van der Waals surface area contributed by atoms with E-state index in [1.807, 2.05) is 26.0 Å². The van der Waals surface area contributed by atoms with Gasteiger partial charge in [0.1, 0.15) is 53.2 Å². The Labute approximate surface area is 229 Å². The zero-order valence-electron chi connectivity index (χ0n) is 21.6. The Morgan fingerprint density at radius 1 is 1.26 bits per heavy atom. The molecule has 1 atom stereocenters. The molecule has 1 fully saturated rings. The minimum atomic E-state index is -0.648. The van der Waals surface area contributed by atoms with Gasteiger partial charge in [-0.1, -0.05) is 12.1 Å². The molecule has 39 heavy (non-hydrogen) atoms. The highest BCUT2D eigenvalue weighted by Crippen LogP contribution is 2.32. The van der Waals surface area contributed by atoms with Gasteiger partial charge in [-0.15, -0.1) is 0 Å². The molecule has 3 aromatic rings. The smallest absolute Gasteiger partial charge is 0.280 e. The van der Waals surface area contributed by atoms with E-state index in [4.69, 9.17) is 19.9 Å². The summed E-state index contributed by atoms with van der Waals surface area (Å²) in [5, 5.41) is 22.3. The predicted octanol–water partition coefficient (Wildman–Crippen LogP) is 2.82. The minimum Gasteiger partial charge on any atom is -0.491 e. The second kappa shape index (κ2) is 11.6. The average Bonchev–Trinajstić information content (AvgIpc) is 3.29. The number of hydrogen-bond acceptors (Lipinski definition) is 10. The third-order valence-corrected chi connectivity index (χ3v) is 6.97. The maximum atomic E-state index is 13.3. The van der Waals surface area contributed by atoms with Gasteiger partial charge < -0.3 is 25.3 Å². The highest BCUT2D eigenvalue weighted by molar-refractivity contribution is 7.97. The maximum Gasteiger partial charge on any atom is 0.280 e. The van der Waals surface area contributed by atoms with Crippen molar-refractivity contribution in [1.29, 1.82) is 10.5 Å². The normalized spacial score (nSPS) is 15.8. The number of ether oxygens (including phenoxy) is 3. The zero-order valence-corrected chi connectivity index (χ0v) is 22.4. The van der Waals surface area contributed by atoms with Crippen LogP contribution in [-0.4, -0.2) is 47.0 Å². The molecule has 12 heteroatoms. The summed E-state index contributed by atoms with van der Waals surface area (Å²) in [4.78, 5) is 29.2. The standard InChI is InChI=1S/C27H26N6O5S/c1-27(2)37-14-19(38-27)13-36-18-6-4-17(5-7-18)23-20(11-28)24(30)33(26(35)21(23)12-29)39-15-16-8-9-32-22(10-16)25(34)31-3/h4-10,19H,13-15,30H2,1-3H3,(H,31,34)/t19-/m0/s1. The van der Waals surface area contributed by atoms with E-state index in [2.05, 4.69) is 10.3 Å². The second-order valence-electron chi connectivity index (χ2n) is 9.02. The first-order valence-corrected chi connectivity index (χ1v) is 12.9. The molecule has 3 heterocycles. The molecule has 0 spiro atoms. The molecule has 0 radical (unpaired) electrons. The van der Waals surface area contributed by atoms with Gasteiger partial charge >= 0.3 is 0 Å². The van der Waals surface area contributed by atoms with Crippen LogP contribution in [0.25, 0.3) is 11.1 Å². The van der Waals surface area contributed by atoms with E-state index in [1.54, 1.807) is 36.4 Å². The van der Waals surface area contributed by atoms with Crippen LogP contribution < -0.4 is 21.3 Å². The summed E-state index contributed by atoms with van der Waals surface area (Å²) in [5.41, 5.74) is 6.99. The predicted molar refractivity (Wildman–Crippen MR) is 145 cm³/mol. The number of benzene rings is 1. The topological polar surface area (TPSA) is 165 Å². The summed E-state index contributed by atoms with van der Waals surface area (Å²) in [6.07, 6.45) is 1.28. The number of nitrogens with zero attached hydrogens (tertiary/aromatic N) is 4. The van der Waals surface area contributed by atoms with E-state index in [9.17, 15) is 20.1 Å². The van der Waals surface area contributed by atoms with Crippen LogP contribution in [0.5, 0.6) is 5.75 Å². The molecular formula is C27H26N6O5S. The van der Waals surface area contributed by atoms with Crippen LogP contribution in [0, 0.1) is 22.7 Å².